The number of halogens is 5. The van der Waals surface area contributed by atoms with E-state index in [1.165, 1.54) is 0 Å². The average molecular weight is 1030 g/mol. The molecule has 0 spiro atoms. The third kappa shape index (κ3) is 11.4. The molecule has 5 N–H and O–H groups in total. The van der Waals surface area contributed by atoms with Gasteiger partial charge in [0.1, 0.15) is 18.4 Å². The molecule has 5 unspecified atom stereocenters. The van der Waals surface area contributed by atoms with E-state index in [9.17, 15) is 33.0 Å². The first-order chi connectivity index (χ1) is 31.8. The molecule has 0 saturated heterocycles. The molecule has 6 aliphatic rings. The molecule has 1 aromatic rings. The minimum Gasteiger partial charge on any atom is -0.394 e. The molecule has 68 heavy (non-hydrogen) atoms. The van der Waals surface area contributed by atoms with Crippen LogP contribution in [-0.2, 0) is 28.7 Å². The van der Waals surface area contributed by atoms with E-state index in [4.69, 9.17) is 39.0 Å². The largest absolute Gasteiger partial charge is 0.737 e. The van der Waals surface area contributed by atoms with Crippen molar-refractivity contribution < 1.29 is 50.3 Å². The Balaban J connectivity index is 0.906. The number of allylic oxidation sites excluding steroid dienone is 2. The molecule has 4 saturated carbocycles. The maximum atomic E-state index is 15.8. The van der Waals surface area contributed by atoms with Gasteiger partial charge in [-0.1, -0.05) is 55.6 Å². The topological polar surface area (TPSA) is 179 Å². The summed E-state index contributed by atoms with van der Waals surface area (Å²) < 4.78 is 61.4. The Bertz CT molecular complexity index is 2290. The molecule has 2 aliphatic heterocycles. The average Bonchev–Trinajstić information content (AvgIpc) is 3.93. The summed E-state index contributed by atoms with van der Waals surface area (Å²) in [6.07, 6.45) is 14.0. The normalized spacial score (nSPS) is 31.4. The lowest BCUT2D eigenvalue weighted by atomic mass is 9.43. The van der Waals surface area contributed by atoms with Crippen LogP contribution in [0.2, 0.25) is 0 Å². The van der Waals surface area contributed by atoms with Crippen LogP contribution in [0.4, 0.5) is 8.63 Å². The van der Waals surface area contributed by atoms with Crippen molar-refractivity contribution in [3.63, 3.8) is 0 Å². The summed E-state index contributed by atoms with van der Waals surface area (Å²) in [5, 5.41) is 30.5. The first kappa shape index (κ1) is 53.3. The second-order valence-corrected chi connectivity index (χ2v) is 25.7. The van der Waals surface area contributed by atoms with Gasteiger partial charge in [-0.05, 0) is 155 Å². The highest BCUT2D eigenvalue weighted by Crippen LogP contribution is 2.68. The maximum absolute atomic E-state index is 15.8. The van der Waals surface area contributed by atoms with Gasteiger partial charge in [0.25, 0.3) is 10.1 Å². The quantitative estimate of drug-likeness (QED) is 0.0410. The summed E-state index contributed by atoms with van der Waals surface area (Å²) in [4.78, 5) is 40.1. The van der Waals surface area contributed by atoms with E-state index in [1.807, 2.05) is 0 Å². The van der Waals surface area contributed by atoms with Crippen molar-refractivity contribution in [2.24, 2.45) is 46.3 Å². The summed E-state index contributed by atoms with van der Waals surface area (Å²) in [5.41, 5.74) is 2.65. The fourth-order valence-corrected chi connectivity index (χ4v) is 15.0. The summed E-state index contributed by atoms with van der Waals surface area (Å²) in [6.45, 7) is 5.58. The van der Waals surface area contributed by atoms with E-state index in [1.54, 1.807) is 38.1 Å². The molecule has 0 radical (unpaired) electrons. The summed E-state index contributed by atoms with van der Waals surface area (Å²) >= 11 is 16.9. The minimum atomic E-state index is -4.15. The third-order valence-electron chi connectivity index (χ3n) is 17.2. The predicted molar refractivity (Wildman–Crippen MR) is 262 cm³/mol. The van der Waals surface area contributed by atoms with E-state index in [-0.39, 0.29) is 85.5 Å². The number of aliphatic hydroxyl groups is 2. The molecule has 7 rings (SSSR count). The monoisotopic (exact) mass is 1030 g/mol. The summed E-state index contributed by atoms with van der Waals surface area (Å²) in [7, 11) is -4.15. The van der Waals surface area contributed by atoms with Crippen molar-refractivity contribution in [3.8, 4) is 0 Å². The number of hydrogen-bond donors (Lipinski definition) is 5. The molecule has 3 amide bonds. The van der Waals surface area contributed by atoms with Crippen LogP contribution in [0.1, 0.15) is 134 Å². The number of hydrogen-bond acceptors (Lipinski definition) is 8. The number of nitrogens with one attached hydrogen (secondary N) is 3. The first-order valence-corrected chi connectivity index (χ1v) is 27.5. The fourth-order valence-electron chi connectivity index (χ4n) is 13.8. The van der Waals surface area contributed by atoms with E-state index in [0.29, 0.717) is 65.7 Å². The second kappa shape index (κ2) is 20.9. The Morgan fingerprint density at radius 3 is 2.41 bits per heavy atom. The van der Waals surface area contributed by atoms with Crippen LogP contribution >= 0.6 is 34.8 Å². The molecule has 380 valence electrons. The number of aliphatic hydroxyl groups excluding tert-OH is 2. The van der Waals surface area contributed by atoms with Crippen LogP contribution in [0.25, 0.3) is 6.08 Å². The standard InChI is InChI=1S/C48H71BCl3F2N5O8S/c1-29(36-13-14-37-44-38(18-20-47(36,37)5)46(4)19-17-35(60)25-32(46)26-41(44)61)9-15-43(63)57-39(45(64)56-22-23-68(65,66)67-28-48(50,51)52)8-6-7-21-55-42(62)16-12-33-10-11-34-27-40-30(2)24-31(3)58(40)49(53,54)59(33)34/h10-11,24,27,29,32,35-39,41,44,60-61H,6-9,12-23,25-26,28H2,1-5H3,(H,55,62)(H,56,64)(H,57,63)/t29-,32?,35-,36?,37?,38?,39+,41+,44?,46+,47-/m1/s1. The number of amides is 3. The van der Waals surface area contributed by atoms with Gasteiger partial charge in [0.2, 0.25) is 21.5 Å². The van der Waals surface area contributed by atoms with Gasteiger partial charge in [0.05, 0.1) is 18.0 Å². The van der Waals surface area contributed by atoms with E-state index in [0.717, 1.165) is 65.9 Å². The number of carbonyl (C=O) groups is 3. The number of nitrogens with zero attached hydrogens (tertiary/aromatic N) is 2. The van der Waals surface area contributed by atoms with Gasteiger partial charge >= 0.3 is 6.97 Å². The number of unbranched alkanes of at least 4 members (excludes halogenated alkanes) is 1. The van der Waals surface area contributed by atoms with E-state index < -0.39 is 45.2 Å². The lowest BCUT2D eigenvalue weighted by molar-refractivity contribution is -0.362. The second-order valence-electron chi connectivity index (χ2n) is 21.4. The Morgan fingerprint density at radius 2 is 1.68 bits per heavy atom. The highest BCUT2D eigenvalue weighted by Gasteiger charge is 2.63. The number of aromatic nitrogens is 1. The molecule has 4 fully saturated rings. The highest BCUT2D eigenvalue weighted by molar-refractivity contribution is 7.86. The Morgan fingerprint density at radius 1 is 0.956 bits per heavy atom. The molecular weight excluding hydrogens is 962 g/mol. The van der Waals surface area contributed by atoms with Crippen LogP contribution in [0.15, 0.2) is 23.9 Å². The van der Waals surface area contributed by atoms with Gasteiger partial charge in [-0.3, -0.25) is 18.6 Å². The number of carbonyl (C=O) groups excluding carboxylic acids is 3. The van der Waals surface area contributed by atoms with Crippen molar-refractivity contribution >= 4 is 81.4 Å². The summed E-state index contributed by atoms with van der Waals surface area (Å²) in [6, 6.07) is 0.749. The number of fused-ring (bicyclic) bond motifs is 7. The van der Waals surface area contributed by atoms with Gasteiger partial charge in [-0.15, -0.1) is 0 Å². The molecule has 3 heterocycles. The smallest absolute Gasteiger partial charge is 0.394 e. The zero-order valence-corrected chi connectivity index (χ0v) is 43.1. The molecule has 0 bridgehead atoms. The van der Waals surface area contributed by atoms with E-state index in [2.05, 4.69) is 36.7 Å². The molecule has 20 heteroatoms. The SMILES string of the molecule is Cc1cc(C)n2c1C=C1C=CC(CCC(=O)NCCCC[C@H](NC(=O)CC[C@@H](C)C3CCC4C5C(CC[C@@]43C)[C@@]3(C)CC[C@@H](O)CC3C[C@@H]5O)C(=O)NCCS(=O)(=O)OCC(Cl)(Cl)Cl)=[N+]1[B-]2(F)F. The third-order valence-corrected chi connectivity index (χ3v) is 18.7. The van der Waals surface area contributed by atoms with Crippen LogP contribution < -0.4 is 16.0 Å². The zero-order valence-electron chi connectivity index (χ0n) is 40.1. The van der Waals surface area contributed by atoms with Crippen LogP contribution in [-0.4, -0.2) is 105 Å². The van der Waals surface area contributed by atoms with Gasteiger partial charge in [-0.2, -0.15) is 8.42 Å². The Kier molecular flexibility index (Phi) is 16.4. The molecule has 13 nitrogen and oxygen atoms in total. The molecule has 11 atom stereocenters. The number of alkyl halides is 3. The lowest BCUT2D eigenvalue weighted by Gasteiger charge is -2.62. The van der Waals surface area contributed by atoms with Gasteiger partial charge < -0.3 is 43.8 Å². The van der Waals surface area contributed by atoms with Crippen LogP contribution in [0, 0.1) is 60.2 Å². The minimum absolute atomic E-state index is 0.00466. The molecule has 0 aromatic carbocycles. The van der Waals surface area contributed by atoms with Crippen molar-refractivity contribution in [1.29, 1.82) is 0 Å². The Hall–Kier alpha value is -2.54. The molecular formula is C48H71BCl3F2N5O8S. The Labute approximate surface area is 415 Å². The zero-order chi connectivity index (χ0) is 49.6. The first-order valence-electron chi connectivity index (χ1n) is 24.7. The van der Waals surface area contributed by atoms with Gasteiger partial charge in [0, 0.05) is 56.3 Å². The molecule has 1 aromatic heterocycles. The van der Waals surface area contributed by atoms with Crippen molar-refractivity contribution in [2.75, 3.05) is 25.4 Å². The van der Waals surface area contributed by atoms with Crippen LogP contribution in [0.5, 0.6) is 0 Å². The van der Waals surface area contributed by atoms with Gasteiger partial charge in [-0.25, -0.2) is 0 Å². The van der Waals surface area contributed by atoms with Gasteiger partial charge in [0.15, 0.2) is 5.70 Å². The van der Waals surface area contributed by atoms with Crippen molar-refractivity contribution in [2.45, 2.75) is 153 Å². The highest BCUT2D eigenvalue weighted by atomic mass is 35.6. The van der Waals surface area contributed by atoms with Crippen LogP contribution in [0.3, 0.4) is 0 Å². The van der Waals surface area contributed by atoms with E-state index >= 15 is 8.63 Å². The molecule has 4 aliphatic carbocycles. The lowest BCUT2D eigenvalue weighted by Crippen LogP contribution is -2.58. The number of aryl methyl sites for hydroxylation is 2. The van der Waals surface area contributed by atoms with Crippen molar-refractivity contribution in [1.82, 2.24) is 20.4 Å². The predicted octanol–water partition coefficient (Wildman–Crippen LogP) is 7.50. The summed E-state index contributed by atoms with van der Waals surface area (Å²) in [5.74, 6) is 0.240. The fraction of sp³-hybridized carbons (Fsp3) is 0.750. The number of rotatable bonds is 19. The van der Waals surface area contributed by atoms with Crippen molar-refractivity contribution in [3.05, 3.63) is 40.9 Å². The maximum Gasteiger partial charge on any atom is 0.737 e.